The van der Waals surface area contributed by atoms with Crippen molar-refractivity contribution in [2.24, 2.45) is 0 Å². The second-order valence-electron chi connectivity index (χ2n) is 3.70. The van der Waals surface area contributed by atoms with Crippen LogP contribution in [0.15, 0.2) is 5.38 Å². The second-order valence-corrected chi connectivity index (χ2v) is 5.66. The van der Waals surface area contributed by atoms with Crippen LogP contribution in [0.25, 0.3) is 0 Å². The van der Waals surface area contributed by atoms with Crippen LogP contribution < -0.4 is 4.74 Å². The summed E-state index contributed by atoms with van der Waals surface area (Å²) in [5.41, 5.74) is 0.234. The molecule has 1 aromatic heterocycles. The van der Waals surface area contributed by atoms with E-state index in [9.17, 15) is 0 Å². The lowest BCUT2D eigenvalue weighted by Gasteiger charge is -2.16. The fraction of sp³-hybridized carbons (Fsp3) is 0.556. The van der Waals surface area contributed by atoms with Gasteiger partial charge in [-0.05, 0) is 28.0 Å². The average Bonchev–Trinajstić information content (AvgIpc) is 2.29. The number of rotatable bonds is 1. The predicted octanol–water partition coefficient (Wildman–Crippen LogP) is 3.66. The van der Waals surface area contributed by atoms with Crippen LogP contribution in [0.4, 0.5) is 0 Å². The molecule has 0 aliphatic carbocycles. The van der Waals surface area contributed by atoms with Crippen LogP contribution in [-0.2, 0) is 5.41 Å². The van der Waals surface area contributed by atoms with E-state index in [2.05, 4.69) is 48.7 Å². The Kier molecular flexibility index (Phi) is 3.04. The Bertz CT molecular complexity index is 273. The minimum Gasteiger partial charge on any atom is -0.495 e. The van der Waals surface area contributed by atoms with Gasteiger partial charge in [-0.15, -0.1) is 11.3 Å². The van der Waals surface area contributed by atoms with Crippen molar-refractivity contribution in [3.63, 3.8) is 0 Å². The normalized spacial score (nSPS) is 11.8. The molecule has 0 aromatic carbocycles. The van der Waals surface area contributed by atoms with Gasteiger partial charge in [0.1, 0.15) is 5.75 Å². The molecule has 0 spiro atoms. The molecular weight excluding hydrogens is 283 g/mol. The molecule has 1 aromatic rings. The molecular formula is C9H13IOS. The van der Waals surface area contributed by atoms with Crippen molar-refractivity contribution >= 4 is 33.9 Å². The maximum absolute atomic E-state index is 5.22. The SMILES string of the molecule is COc1csc(C(C)(C)C)c1I. The molecule has 0 saturated carbocycles. The smallest absolute Gasteiger partial charge is 0.143 e. The van der Waals surface area contributed by atoms with Crippen molar-refractivity contribution in [2.75, 3.05) is 7.11 Å². The van der Waals surface area contributed by atoms with Crippen molar-refractivity contribution in [1.82, 2.24) is 0 Å². The van der Waals surface area contributed by atoms with E-state index in [4.69, 9.17) is 4.74 Å². The topological polar surface area (TPSA) is 9.23 Å². The molecule has 0 saturated heterocycles. The van der Waals surface area contributed by atoms with Gasteiger partial charge in [-0.1, -0.05) is 20.8 Å². The number of methoxy groups -OCH3 is 1. The van der Waals surface area contributed by atoms with Gasteiger partial charge in [0.2, 0.25) is 0 Å². The Labute approximate surface area is 91.3 Å². The van der Waals surface area contributed by atoms with Gasteiger partial charge in [0.25, 0.3) is 0 Å². The maximum Gasteiger partial charge on any atom is 0.143 e. The maximum atomic E-state index is 5.22. The Morgan fingerprint density at radius 1 is 1.42 bits per heavy atom. The minimum absolute atomic E-state index is 0.234. The molecule has 68 valence electrons. The summed E-state index contributed by atoms with van der Waals surface area (Å²) >= 11 is 4.12. The molecule has 3 heteroatoms. The third-order valence-corrected chi connectivity index (χ3v) is 4.42. The number of hydrogen-bond acceptors (Lipinski definition) is 2. The first-order valence-electron chi connectivity index (χ1n) is 3.78. The fourth-order valence-electron chi connectivity index (χ4n) is 0.972. The van der Waals surface area contributed by atoms with Gasteiger partial charge in [-0.3, -0.25) is 0 Å². The molecule has 0 radical (unpaired) electrons. The Hall–Kier alpha value is 0.230. The summed E-state index contributed by atoms with van der Waals surface area (Å²) < 4.78 is 6.48. The highest BCUT2D eigenvalue weighted by Crippen LogP contribution is 2.38. The molecule has 1 nitrogen and oxygen atoms in total. The van der Waals surface area contributed by atoms with E-state index >= 15 is 0 Å². The van der Waals surface area contributed by atoms with Crippen LogP contribution in [-0.4, -0.2) is 7.11 Å². The van der Waals surface area contributed by atoms with E-state index < -0.39 is 0 Å². The Balaban J connectivity index is 3.11. The number of thiophene rings is 1. The second kappa shape index (κ2) is 3.54. The van der Waals surface area contributed by atoms with Crippen LogP contribution in [0.2, 0.25) is 0 Å². The third kappa shape index (κ3) is 1.93. The predicted molar refractivity (Wildman–Crippen MR) is 62.3 cm³/mol. The molecule has 12 heavy (non-hydrogen) atoms. The minimum atomic E-state index is 0.234. The molecule has 0 atom stereocenters. The first-order valence-corrected chi connectivity index (χ1v) is 5.74. The van der Waals surface area contributed by atoms with Gasteiger partial charge in [0.15, 0.2) is 0 Å². The van der Waals surface area contributed by atoms with Gasteiger partial charge in [-0.25, -0.2) is 0 Å². The van der Waals surface area contributed by atoms with E-state index in [1.807, 2.05) is 0 Å². The molecule has 0 bridgehead atoms. The van der Waals surface area contributed by atoms with Crippen molar-refractivity contribution in [1.29, 1.82) is 0 Å². The quantitative estimate of drug-likeness (QED) is 0.719. The summed E-state index contributed by atoms with van der Waals surface area (Å²) in [6.07, 6.45) is 0. The molecule has 1 rings (SSSR count). The molecule has 0 amide bonds. The highest BCUT2D eigenvalue weighted by molar-refractivity contribution is 14.1. The van der Waals surface area contributed by atoms with E-state index in [-0.39, 0.29) is 5.41 Å². The van der Waals surface area contributed by atoms with Crippen molar-refractivity contribution in [2.45, 2.75) is 26.2 Å². The van der Waals surface area contributed by atoms with Gasteiger partial charge in [0, 0.05) is 10.3 Å². The summed E-state index contributed by atoms with van der Waals surface area (Å²) in [5.74, 6) is 1.01. The first kappa shape index (κ1) is 10.3. The van der Waals surface area contributed by atoms with Crippen LogP contribution >= 0.6 is 33.9 Å². The molecule has 1 heterocycles. The highest BCUT2D eigenvalue weighted by Gasteiger charge is 2.21. The summed E-state index contributed by atoms with van der Waals surface area (Å²) in [7, 11) is 1.72. The fourth-order valence-corrected chi connectivity index (χ4v) is 3.75. The monoisotopic (exact) mass is 296 g/mol. The van der Waals surface area contributed by atoms with Gasteiger partial charge in [0.05, 0.1) is 10.7 Å². The summed E-state index contributed by atoms with van der Waals surface area (Å²) in [5, 5.41) is 2.07. The Morgan fingerprint density at radius 3 is 2.25 bits per heavy atom. The largest absolute Gasteiger partial charge is 0.495 e. The zero-order chi connectivity index (χ0) is 9.35. The number of ether oxygens (including phenoxy) is 1. The average molecular weight is 296 g/mol. The standard InChI is InChI=1S/C9H13IOS/c1-9(2,3)8-7(10)6(11-4)5-12-8/h5H,1-4H3. The van der Waals surface area contributed by atoms with Crippen LogP contribution in [0, 0.1) is 3.57 Å². The van der Waals surface area contributed by atoms with Gasteiger partial charge >= 0.3 is 0 Å². The third-order valence-electron chi connectivity index (χ3n) is 1.60. The number of hydrogen-bond donors (Lipinski definition) is 0. The van der Waals surface area contributed by atoms with Crippen molar-refractivity contribution in [3.05, 3.63) is 13.8 Å². The molecule has 0 aliphatic rings. The first-order chi connectivity index (χ1) is 5.46. The molecule has 0 aliphatic heterocycles. The van der Waals surface area contributed by atoms with E-state index in [0.29, 0.717) is 0 Å². The Morgan fingerprint density at radius 2 is 2.00 bits per heavy atom. The summed E-state index contributed by atoms with van der Waals surface area (Å²) in [4.78, 5) is 1.40. The zero-order valence-electron chi connectivity index (χ0n) is 7.77. The summed E-state index contributed by atoms with van der Waals surface area (Å²) in [6, 6.07) is 0. The molecule has 0 fully saturated rings. The lowest BCUT2D eigenvalue weighted by atomic mass is 9.95. The van der Waals surface area contributed by atoms with Crippen molar-refractivity contribution in [3.8, 4) is 5.75 Å². The lowest BCUT2D eigenvalue weighted by molar-refractivity contribution is 0.412. The number of halogens is 1. The van der Waals surface area contributed by atoms with E-state index in [1.54, 1.807) is 18.4 Å². The van der Waals surface area contributed by atoms with Crippen LogP contribution in [0.5, 0.6) is 5.75 Å². The van der Waals surface area contributed by atoms with Gasteiger partial charge < -0.3 is 4.74 Å². The highest BCUT2D eigenvalue weighted by atomic mass is 127. The van der Waals surface area contributed by atoms with Crippen LogP contribution in [0.1, 0.15) is 25.6 Å². The summed E-state index contributed by atoms with van der Waals surface area (Å²) in [6.45, 7) is 6.67. The zero-order valence-corrected chi connectivity index (χ0v) is 10.7. The molecule has 0 unspecified atom stereocenters. The molecule has 0 N–H and O–H groups in total. The van der Waals surface area contributed by atoms with E-state index in [1.165, 1.54) is 8.45 Å². The van der Waals surface area contributed by atoms with E-state index in [0.717, 1.165) is 5.75 Å². The van der Waals surface area contributed by atoms with Crippen molar-refractivity contribution < 1.29 is 4.74 Å². The van der Waals surface area contributed by atoms with Gasteiger partial charge in [-0.2, -0.15) is 0 Å². The lowest BCUT2D eigenvalue weighted by Crippen LogP contribution is -2.10. The van der Waals surface area contributed by atoms with Crippen LogP contribution in [0.3, 0.4) is 0 Å².